The van der Waals surface area contributed by atoms with Crippen molar-refractivity contribution in [2.75, 3.05) is 83.0 Å². The molecule has 0 aliphatic carbocycles. The summed E-state index contributed by atoms with van der Waals surface area (Å²) >= 11 is 0. The fraction of sp³-hybridized carbons (Fsp3) is 0.478. The van der Waals surface area contributed by atoms with Crippen LogP contribution in [0, 0.1) is 11.6 Å². The van der Waals surface area contributed by atoms with E-state index in [9.17, 15) is 33.1 Å². The second kappa shape index (κ2) is 21.9. The number of rotatable bonds is 9. The van der Waals surface area contributed by atoms with E-state index in [4.69, 9.17) is 18.9 Å². The van der Waals surface area contributed by atoms with Gasteiger partial charge in [-0.05, 0) is 76.9 Å². The highest BCUT2D eigenvalue weighted by atomic mass is 19.1. The summed E-state index contributed by atoms with van der Waals surface area (Å²) in [4.78, 5) is 74.4. The standard InChI is InChI=1S/C23H29FN4O5.C22H27FN4O4.CH4/c1-22(2,3)33-21(31)28-11-9-27(10-12-28)20-25-13-17(14-26-20)23(15-29,19(30)32-4)16-5-7-18(24)8-6-16;1-22(2,3)31-21(29)27-11-9-26(10-12-27)20-24-13-16(14-25-20)18(19(28)30-4)15-5-7-17(23)8-6-15;/h5-8,13-14,29H,9-12,15H2,1-4H3;5-8,13-14,18H,9-12H2,1-4H3;1H4. The Morgan fingerprint density at radius 1 is 0.600 bits per heavy atom. The predicted molar refractivity (Wildman–Crippen MR) is 237 cm³/mol. The van der Waals surface area contributed by atoms with Gasteiger partial charge in [-0.1, -0.05) is 31.7 Å². The van der Waals surface area contributed by atoms with Crippen LogP contribution in [0.3, 0.4) is 0 Å². The van der Waals surface area contributed by atoms with Gasteiger partial charge < -0.3 is 43.7 Å². The molecule has 4 heterocycles. The zero-order chi connectivity index (χ0) is 46.8. The molecule has 2 atom stereocenters. The zero-order valence-corrected chi connectivity index (χ0v) is 37.4. The summed E-state index contributed by atoms with van der Waals surface area (Å²) in [5.74, 6) is -1.85. The van der Waals surface area contributed by atoms with Gasteiger partial charge in [-0.3, -0.25) is 9.59 Å². The first-order chi connectivity index (χ1) is 30.3. The van der Waals surface area contributed by atoms with Crippen LogP contribution in [0.15, 0.2) is 73.3 Å². The van der Waals surface area contributed by atoms with Gasteiger partial charge in [-0.2, -0.15) is 0 Å². The van der Waals surface area contributed by atoms with Crippen LogP contribution < -0.4 is 9.80 Å². The average molecular weight is 907 g/mol. The molecule has 0 bridgehead atoms. The van der Waals surface area contributed by atoms with E-state index in [0.29, 0.717) is 86.5 Å². The Balaban J connectivity index is 0.000000281. The molecule has 65 heavy (non-hydrogen) atoms. The molecular weight excluding hydrogens is 847 g/mol. The third-order valence-electron chi connectivity index (χ3n) is 10.3. The van der Waals surface area contributed by atoms with E-state index in [2.05, 4.69) is 19.9 Å². The van der Waals surface area contributed by atoms with Crippen LogP contribution in [0.2, 0.25) is 0 Å². The van der Waals surface area contributed by atoms with E-state index < -0.39 is 46.9 Å². The fourth-order valence-corrected chi connectivity index (χ4v) is 6.98. The summed E-state index contributed by atoms with van der Waals surface area (Å²) in [5.41, 5.74) is -0.855. The van der Waals surface area contributed by atoms with E-state index in [1.807, 2.05) is 51.3 Å². The molecule has 0 radical (unpaired) electrons. The van der Waals surface area contributed by atoms with Crippen LogP contribution in [0.4, 0.5) is 30.3 Å². The van der Waals surface area contributed by atoms with Crippen LogP contribution in [-0.2, 0) is 34.0 Å². The summed E-state index contributed by atoms with van der Waals surface area (Å²) < 4.78 is 47.4. The first-order valence-electron chi connectivity index (χ1n) is 20.7. The molecule has 0 spiro atoms. The van der Waals surface area contributed by atoms with Crippen LogP contribution in [0.1, 0.15) is 77.1 Å². The Hall–Kier alpha value is -6.50. The molecule has 17 nitrogen and oxygen atoms in total. The number of ether oxygens (including phenoxy) is 4. The van der Waals surface area contributed by atoms with Crippen LogP contribution in [0.25, 0.3) is 0 Å². The van der Waals surface area contributed by atoms with Crippen LogP contribution >= 0.6 is 0 Å². The number of amides is 2. The van der Waals surface area contributed by atoms with Gasteiger partial charge in [0.05, 0.1) is 20.8 Å². The van der Waals surface area contributed by atoms with E-state index in [-0.39, 0.29) is 25.4 Å². The highest BCUT2D eigenvalue weighted by molar-refractivity contribution is 5.87. The number of piperazine rings is 2. The van der Waals surface area contributed by atoms with Crippen molar-refractivity contribution in [2.24, 2.45) is 0 Å². The predicted octanol–water partition coefficient (Wildman–Crippen LogP) is 5.74. The van der Waals surface area contributed by atoms with Gasteiger partial charge >= 0.3 is 24.1 Å². The number of carbonyl (C=O) groups excluding carboxylic acids is 4. The summed E-state index contributed by atoms with van der Waals surface area (Å²) in [5, 5.41) is 10.2. The maximum atomic E-state index is 13.4. The minimum absolute atomic E-state index is 0. The van der Waals surface area contributed by atoms with Crippen molar-refractivity contribution >= 4 is 36.0 Å². The third-order valence-corrected chi connectivity index (χ3v) is 10.3. The van der Waals surface area contributed by atoms with Gasteiger partial charge in [0.1, 0.15) is 34.2 Å². The molecule has 2 aromatic heterocycles. The second-order valence-corrected chi connectivity index (χ2v) is 17.1. The Bertz CT molecular complexity index is 2190. The van der Waals surface area contributed by atoms with Crippen molar-refractivity contribution in [3.05, 3.63) is 107 Å². The SMILES string of the molecule is C.COC(=O)C(CO)(c1ccc(F)cc1)c1cnc(N2CCN(C(=O)OC(C)(C)C)CC2)nc1.COC(=O)C(c1ccc(F)cc1)c1cnc(N2CCN(C(=O)OC(C)(C)C)CC2)nc1. The monoisotopic (exact) mass is 906 g/mol. The zero-order valence-electron chi connectivity index (χ0n) is 37.4. The fourth-order valence-electron chi connectivity index (χ4n) is 6.98. The lowest BCUT2D eigenvalue weighted by Gasteiger charge is -2.35. The molecule has 19 heteroatoms. The summed E-state index contributed by atoms with van der Waals surface area (Å²) in [6, 6.07) is 10.9. The van der Waals surface area contributed by atoms with Gasteiger partial charge in [0, 0.05) is 88.3 Å². The van der Waals surface area contributed by atoms with Crippen LogP contribution in [-0.4, -0.2) is 143 Å². The molecular formula is C46H60F2N8O9. The quantitative estimate of drug-likeness (QED) is 0.158. The normalized spacial score (nSPS) is 15.6. The molecule has 2 aliphatic heterocycles. The number of halogens is 2. The third kappa shape index (κ3) is 13.0. The number of benzene rings is 2. The van der Waals surface area contributed by atoms with E-state index >= 15 is 0 Å². The van der Waals surface area contributed by atoms with Gasteiger partial charge in [-0.15, -0.1) is 0 Å². The number of aromatic nitrogens is 4. The molecule has 2 amide bonds. The lowest BCUT2D eigenvalue weighted by atomic mass is 9.76. The average Bonchev–Trinajstić information content (AvgIpc) is 3.27. The summed E-state index contributed by atoms with van der Waals surface area (Å²) in [7, 11) is 2.52. The first-order valence-corrected chi connectivity index (χ1v) is 20.7. The highest BCUT2D eigenvalue weighted by Gasteiger charge is 2.44. The van der Waals surface area contributed by atoms with Crippen molar-refractivity contribution < 1.29 is 52.0 Å². The topological polar surface area (TPSA) is 190 Å². The molecule has 1 N–H and O–H groups in total. The Labute approximate surface area is 378 Å². The van der Waals surface area contributed by atoms with Crippen molar-refractivity contribution in [3.63, 3.8) is 0 Å². The lowest BCUT2D eigenvalue weighted by Crippen LogP contribution is -2.50. The Kier molecular flexibility index (Phi) is 17.2. The minimum Gasteiger partial charge on any atom is -0.468 e. The highest BCUT2D eigenvalue weighted by Crippen LogP contribution is 2.34. The molecule has 2 aliphatic rings. The summed E-state index contributed by atoms with van der Waals surface area (Å²) in [6.07, 6.45) is 5.38. The lowest BCUT2D eigenvalue weighted by molar-refractivity contribution is -0.147. The number of carbonyl (C=O) groups is 4. The van der Waals surface area contributed by atoms with Crippen molar-refractivity contribution in [3.8, 4) is 0 Å². The Morgan fingerprint density at radius 3 is 1.37 bits per heavy atom. The van der Waals surface area contributed by atoms with Crippen molar-refractivity contribution in [1.29, 1.82) is 0 Å². The molecule has 2 saturated heterocycles. The van der Waals surface area contributed by atoms with Gasteiger partial charge in [0.15, 0.2) is 0 Å². The number of methoxy groups -OCH3 is 2. The maximum Gasteiger partial charge on any atom is 0.410 e. The largest absolute Gasteiger partial charge is 0.468 e. The van der Waals surface area contributed by atoms with E-state index in [1.54, 1.807) is 34.3 Å². The number of nitrogens with zero attached hydrogens (tertiary/aromatic N) is 8. The number of anilines is 2. The minimum atomic E-state index is -1.59. The van der Waals surface area contributed by atoms with E-state index in [0.717, 1.165) is 0 Å². The number of hydrogen-bond acceptors (Lipinski definition) is 15. The van der Waals surface area contributed by atoms with Gasteiger partial charge in [0.2, 0.25) is 11.9 Å². The van der Waals surface area contributed by atoms with E-state index in [1.165, 1.54) is 63.0 Å². The van der Waals surface area contributed by atoms with Crippen LogP contribution in [0.5, 0.6) is 0 Å². The van der Waals surface area contributed by atoms with Gasteiger partial charge in [-0.25, -0.2) is 38.3 Å². The second-order valence-electron chi connectivity index (χ2n) is 17.1. The molecule has 4 aromatic rings. The van der Waals surface area contributed by atoms with Crippen molar-refractivity contribution in [1.82, 2.24) is 29.7 Å². The summed E-state index contributed by atoms with van der Waals surface area (Å²) in [6.45, 7) is 14.4. The number of esters is 2. The molecule has 6 rings (SSSR count). The molecule has 2 fully saturated rings. The number of aliphatic hydroxyl groups excluding tert-OH is 1. The number of aliphatic hydroxyl groups is 1. The molecule has 2 aromatic carbocycles. The van der Waals surface area contributed by atoms with Gasteiger partial charge in [0.25, 0.3) is 0 Å². The molecule has 0 saturated carbocycles. The maximum absolute atomic E-state index is 13.4. The molecule has 2 unspecified atom stereocenters. The Morgan fingerprint density at radius 2 is 1.00 bits per heavy atom. The van der Waals surface area contributed by atoms with Crippen molar-refractivity contribution in [2.45, 2.75) is 71.5 Å². The smallest absolute Gasteiger partial charge is 0.410 e. The molecule has 352 valence electrons. The number of hydrogen-bond donors (Lipinski definition) is 1. The first kappa shape index (κ1) is 51.1.